The minimum absolute atomic E-state index is 0.249. The molecule has 6 nitrogen and oxygen atoms in total. The summed E-state index contributed by atoms with van der Waals surface area (Å²) in [5, 5.41) is 5.46. The van der Waals surface area contributed by atoms with Crippen molar-refractivity contribution in [3.05, 3.63) is 41.1 Å². The highest BCUT2D eigenvalue weighted by Crippen LogP contribution is 2.28. The van der Waals surface area contributed by atoms with Crippen LogP contribution in [-0.4, -0.2) is 32.7 Å². The Hall–Kier alpha value is -2.50. The first-order valence-corrected chi connectivity index (χ1v) is 8.02. The van der Waals surface area contributed by atoms with E-state index in [2.05, 4.69) is 10.6 Å². The van der Waals surface area contributed by atoms with Crippen molar-refractivity contribution in [2.75, 3.05) is 25.6 Å². The van der Waals surface area contributed by atoms with E-state index in [1.165, 1.54) is 0 Å². The molecule has 2 N–H and O–H groups in total. The van der Waals surface area contributed by atoms with Gasteiger partial charge in [0, 0.05) is 25.5 Å². The highest BCUT2D eigenvalue weighted by Gasteiger charge is 2.32. The predicted molar refractivity (Wildman–Crippen MR) is 93.7 cm³/mol. The maximum Gasteiger partial charge on any atom is 0.338 e. The molecule has 0 saturated heterocycles. The zero-order chi connectivity index (χ0) is 17.9. The number of nitrogens with one attached hydrogen (secondary N) is 2. The first kappa shape index (κ1) is 17.8. The van der Waals surface area contributed by atoms with Gasteiger partial charge in [-0.3, -0.25) is 0 Å². The van der Waals surface area contributed by atoms with Crippen LogP contribution in [0.3, 0.4) is 0 Å². The van der Waals surface area contributed by atoms with Gasteiger partial charge in [-0.15, -0.1) is 0 Å². The van der Waals surface area contributed by atoms with Gasteiger partial charge < -0.3 is 20.3 Å². The van der Waals surface area contributed by atoms with Crippen LogP contribution < -0.4 is 15.5 Å². The van der Waals surface area contributed by atoms with Crippen LogP contribution in [-0.2, 0) is 9.53 Å². The fourth-order valence-electron chi connectivity index (χ4n) is 2.50. The minimum atomic E-state index is -0.519. The van der Waals surface area contributed by atoms with Crippen molar-refractivity contribution in [3.63, 3.8) is 0 Å². The fraction of sp³-hybridized carbons (Fsp3) is 0.444. The number of benzene rings is 1. The van der Waals surface area contributed by atoms with Crippen molar-refractivity contribution in [3.8, 4) is 0 Å². The molecule has 6 heteroatoms. The lowest BCUT2D eigenvalue weighted by molar-refractivity contribution is -0.140. The van der Waals surface area contributed by atoms with Crippen LogP contribution in [0.15, 0.2) is 35.5 Å². The second-order valence-corrected chi connectivity index (χ2v) is 6.55. The number of carbonyl (C=O) groups is 2. The zero-order valence-corrected chi connectivity index (χ0v) is 14.8. The van der Waals surface area contributed by atoms with Crippen LogP contribution in [0.4, 0.5) is 10.5 Å². The smallest absolute Gasteiger partial charge is 0.338 e. The molecule has 0 radical (unpaired) electrons. The number of rotatable bonds is 5. The third-order valence-electron chi connectivity index (χ3n) is 3.78. The van der Waals surface area contributed by atoms with Crippen molar-refractivity contribution in [1.82, 2.24) is 10.6 Å². The number of hydrogen-bond donors (Lipinski definition) is 2. The van der Waals surface area contributed by atoms with Crippen LogP contribution in [0.5, 0.6) is 0 Å². The Kier molecular flexibility index (Phi) is 5.49. The van der Waals surface area contributed by atoms with Gasteiger partial charge in [0.05, 0.1) is 18.2 Å². The molecular weight excluding hydrogens is 306 g/mol. The monoisotopic (exact) mass is 331 g/mol. The van der Waals surface area contributed by atoms with Gasteiger partial charge in [-0.2, -0.15) is 0 Å². The summed E-state index contributed by atoms with van der Waals surface area (Å²) in [5.74, 6) is -0.158. The van der Waals surface area contributed by atoms with Crippen LogP contribution in [0.1, 0.15) is 32.4 Å². The van der Waals surface area contributed by atoms with E-state index in [0.717, 1.165) is 11.3 Å². The molecule has 24 heavy (non-hydrogen) atoms. The van der Waals surface area contributed by atoms with Gasteiger partial charge in [0.25, 0.3) is 0 Å². The Morgan fingerprint density at radius 1 is 1.25 bits per heavy atom. The van der Waals surface area contributed by atoms with E-state index in [0.29, 0.717) is 17.9 Å². The number of hydrogen-bond acceptors (Lipinski definition) is 4. The van der Waals surface area contributed by atoms with Crippen LogP contribution in [0, 0.1) is 5.92 Å². The molecule has 1 aliphatic heterocycles. The van der Waals surface area contributed by atoms with Gasteiger partial charge in [0.1, 0.15) is 0 Å². The van der Waals surface area contributed by atoms with Crippen molar-refractivity contribution in [2.45, 2.75) is 26.8 Å². The highest BCUT2D eigenvalue weighted by atomic mass is 16.5. The fourth-order valence-corrected chi connectivity index (χ4v) is 2.50. The van der Waals surface area contributed by atoms with E-state index in [1.54, 1.807) is 6.92 Å². The molecule has 2 rings (SSSR count). The second kappa shape index (κ2) is 7.38. The molecule has 1 aromatic rings. The van der Waals surface area contributed by atoms with Gasteiger partial charge in [-0.25, -0.2) is 9.59 Å². The number of anilines is 1. The van der Waals surface area contributed by atoms with Gasteiger partial charge in [0.15, 0.2) is 0 Å². The summed E-state index contributed by atoms with van der Waals surface area (Å²) in [4.78, 5) is 26.3. The van der Waals surface area contributed by atoms with E-state index in [-0.39, 0.29) is 11.9 Å². The molecule has 1 heterocycles. The lowest BCUT2D eigenvalue weighted by atomic mass is 9.95. The summed E-state index contributed by atoms with van der Waals surface area (Å²) in [7, 11) is 3.92. The van der Waals surface area contributed by atoms with Gasteiger partial charge in [0.2, 0.25) is 0 Å². The number of carbonyl (C=O) groups excluding carboxylic acids is 2. The first-order chi connectivity index (χ1) is 11.3. The van der Waals surface area contributed by atoms with Crippen LogP contribution >= 0.6 is 0 Å². The van der Waals surface area contributed by atoms with Gasteiger partial charge >= 0.3 is 12.0 Å². The second-order valence-electron chi connectivity index (χ2n) is 6.55. The average Bonchev–Trinajstić information content (AvgIpc) is 2.52. The van der Waals surface area contributed by atoms with Gasteiger partial charge in [-0.1, -0.05) is 26.0 Å². The third-order valence-corrected chi connectivity index (χ3v) is 3.78. The molecule has 0 spiro atoms. The summed E-state index contributed by atoms with van der Waals surface area (Å²) in [6.07, 6.45) is 0. The standard InChI is InChI=1S/C18H25N3O3/c1-11(2)10-24-17(22)15-12(3)19-18(23)20-16(15)13-6-8-14(9-7-13)21(4)5/h6-9,11,16H,10H2,1-5H3,(H2,19,20,23)/t16-/m1/s1. The quantitative estimate of drug-likeness (QED) is 0.814. The highest BCUT2D eigenvalue weighted by molar-refractivity contribution is 5.95. The molecule has 2 amide bonds. The Bertz CT molecular complexity index is 648. The Morgan fingerprint density at radius 3 is 2.42 bits per heavy atom. The minimum Gasteiger partial charge on any atom is -0.462 e. The molecule has 1 atom stereocenters. The number of ether oxygens (including phenoxy) is 1. The Morgan fingerprint density at radius 2 is 1.88 bits per heavy atom. The van der Waals surface area contributed by atoms with E-state index in [4.69, 9.17) is 4.74 Å². The number of amides is 2. The summed E-state index contributed by atoms with van der Waals surface area (Å²) in [5.41, 5.74) is 2.84. The molecule has 0 saturated carbocycles. The zero-order valence-electron chi connectivity index (χ0n) is 14.8. The maximum absolute atomic E-state index is 12.5. The van der Waals surface area contributed by atoms with E-state index < -0.39 is 12.0 Å². The van der Waals surface area contributed by atoms with E-state index >= 15 is 0 Å². The summed E-state index contributed by atoms with van der Waals surface area (Å²) < 4.78 is 5.37. The summed E-state index contributed by atoms with van der Waals surface area (Å²) in [6, 6.07) is 6.89. The third kappa shape index (κ3) is 4.07. The maximum atomic E-state index is 12.5. The van der Waals surface area contributed by atoms with Gasteiger partial charge in [-0.05, 0) is 30.5 Å². The Balaban J connectivity index is 2.32. The normalized spacial score (nSPS) is 17.4. The van der Waals surface area contributed by atoms with Crippen molar-refractivity contribution < 1.29 is 14.3 Å². The number of allylic oxidation sites excluding steroid dienone is 1. The molecule has 1 aromatic carbocycles. The molecule has 0 bridgehead atoms. The number of urea groups is 1. The lowest BCUT2D eigenvalue weighted by Crippen LogP contribution is -2.45. The summed E-state index contributed by atoms with van der Waals surface area (Å²) in [6.45, 7) is 6.02. The van der Waals surface area contributed by atoms with Crippen molar-refractivity contribution >= 4 is 17.7 Å². The molecule has 0 aliphatic carbocycles. The summed E-state index contributed by atoms with van der Waals surface area (Å²) >= 11 is 0. The van der Waals surface area contributed by atoms with Crippen LogP contribution in [0.2, 0.25) is 0 Å². The molecular formula is C18H25N3O3. The van der Waals surface area contributed by atoms with Crippen molar-refractivity contribution in [1.29, 1.82) is 0 Å². The predicted octanol–water partition coefficient (Wildman–Crippen LogP) is 2.58. The lowest BCUT2D eigenvalue weighted by Gasteiger charge is -2.28. The number of nitrogens with zero attached hydrogens (tertiary/aromatic N) is 1. The first-order valence-electron chi connectivity index (χ1n) is 8.02. The molecule has 0 unspecified atom stereocenters. The number of esters is 1. The topological polar surface area (TPSA) is 70.7 Å². The molecule has 1 aliphatic rings. The Labute approximate surface area is 142 Å². The van der Waals surface area contributed by atoms with E-state index in [1.807, 2.05) is 57.1 Å². The molecule has 0 fully saturated rings. The van der Waals surface area contributed by atoms with Crippen LogP contribution in [0.25, 0.3) is 0 Å². The molecule has 0 aromatic heterocycles. The SMILES string of the molecule is CC1=C(C(=O)OCC(C)C)[C@@H](c2ccc(N(C)C)cc2)NC(=O)N1. The molecule has 130 valence electrons. The van der Waals surface area contributed by atoms with Crippen molar-refractivity contribution in [2.24, 2.45) is 5.92 Å². The largest absolute Gasteiger partial charge is 0.462 e. The van der Waals surface area contributed by atoms with E-state index in [9.17, 15) is 9.59 Å². The average molecular weight is 331 g/mol.